The van der Waals surface area contributed by atoms with Gasteiger partial charge in [0.1, 0.15) is 0 Å². The summed E-state index contributed by atoms with van der Waals surface area (Å²) in [6.45, 7) is 6.44. The van der Waals surface area contributed by atoms with Crippen LogP contribution in [0.15, 0.2) is 0 Å². The highest BCUT2D eigenvalue weighted by Crippen LogP contribution is 2.12. The van der Waals surface area contributed by atoms with E-state index in [4.69, 9.17) is 14.2 Å². The molecule has 13 heavy (non-hydrogen) atoms. The van der Waals surface area contributed by atoms with Crippen LogP contribution in [0.25, 0.3) is 0 Å². The minimum absolute atomic E-state index is 0.287. The zero-order valence-electron chi connectivity index (χ0n) is 8.67. The van der Waals surface area contributed by atoms with Crippen molar-refractivity contribution in [3.63, 3.8) is 0 Å². The van der Waals surface area contributed by atoms with E-state index in [9.17, 15) is 5.11 Å². The largest absolute Gasteiger partial charge is 0.439 e. The maximum atomic E-state index is 11.5. The van der Waals surface area contributed by atoms with E-state index >= 15 is 0 Å². The minimum atomic E-state index is -2.10. The highest BCUT2D eigenvalue weighted by molar-refractivity contribution is 4.38. The Kier molecular flexibility index (Phi) is 7.17. The van der Waals surface area contributed by atoms with Gasteiger partial charge >= 0.3 is 6.16 Å². The summed E-state index contributed by atoms with van der Waals surface area (Å²) in [6, 6.07) is 0. The second kappa shape index (κ2) is 7.26. The fraction of sp³-hybridized carbons (Fsp3) is 1.00. The second-order valence-corrected chi connectivity index (χ2v) is 2.57. The molecule has 0 heterocycles. The molecule has 4 heteroatoms. The molecule has 0 saturated carbocycles. The molecule has 0 aromatic carbocycles. The van der Waals surface area contributed by atoms with Gasteiger partial charge < -0.3 is 14.2 Å². The summed E-state index contributed by atoms with van der Waals surface area (Å²) < 4.78 is 14.6. The lowest BCUT2D eigenvalue weighted by Crippen LogP contribution is -2.38. The van der Waals surface area contributed by atoms with Crippen molar-refractivity contribution in [3.8, 4) is 0 Å². The van der Waals surface area contributed by atoms with Crippen LogP contribution < -0.4 is 0 Å². The third kappa shape index (κ3) is 5.99. The Hall–Kier alpha value is -0.160. The lowest BCUT2D eigenvalue weighted by atomic mass is 10.4. The van der Waals surface area contributed by atoms with Gasteiger partial charge in [-0.05, 0) is 20.3 Å². The lowest BCUT2D eigenvalue weighted by Gasteiger charge is -2.23. The quantitative estimate of drug-likeness (QED) is 0.435. The molecule has 0 spiro atoms. The zero-order chi connectivity index (χ0) is 10.2. The molecule has 0 saturated heterocycles. The van der Waals surface area contributed by atoms with Gasteiger partial charge in [0.25, 0.3) is 0 Å². The number of rotatable bonds is 8. The van der Waals surface area contributed by atoms with Crippen LogP contribution in [0, 0.1) is 0 Å². The summed E-state index contributed by atoms with van der Waals surface area (Å²) in [5.74, 6) is 0. The van der Waals surface area contributed by atoms with Crippen LogP contribution in [0.1, 0.15) is 33.6 Å². The third-order valence-corrected chi connectivity index (χ3v) is 1.42. The fourth-order valence-corrected chi connectivity index (χ4v) is 0.820. The summed E-state index contributed by atoms with van der Waals surface area (Å²) in [5, 5.41) is 11.5. The Balaban J connectivity index is 3.76. The summed E-state index contributed by atoms with van der Waals surface area (Å²) in [4.78, 5) is 0. The Labute approximate surface area is 79.8 Å². The first-order chi connectivity index (χ1) is 6.18. The van der Waals surface area contributed by atoms with Crippen LogP contribution in [0.5, 0.6) is 0 Å². The number of unbranched alkanes of at least 4 members (excludes halogenated alkanes) is 1. The van der Waals surface area contributed by atoms with Gasteiger partial charge in [-0.1, -0.05) is 13.3 Å². The molecule has 0 atom stereocenters. The summed E-state index contributed by atoms with van der Waals surface area (Å²) in [5.41, 5.74) is 0. The molecule has 0 unspecified atom stereocenters. The average molecular weight is 191 g/mol. The molecule has 0 aromatic heterocycles. The highest BCUT2D eigenvalue weighted by atomic mass is 17.0. The first kappa shape index (κ1) is 12.8. The van der Waals surface area contributed by atoms with Crippen LogP contribution in [-0.4, -0.2) is 26.0 Å². The summed E-state index contributed by atoms with van der Waals surface area (Å²) in [6.07, 6.45) is -0.281. The van der Waals surface area contributed by atoms with E-state index in [1.165, 1.54) is 0 Å². The Morgan fingerprint density at radius 3 is 1.92 bits per heavy atom. The van der Waals surface area contributed by atoms with Gasteiger partial charge in [-0.2, -0.15) is 0 Å². The maximum Gasteiger partial charge on any atom is 0.439 e. The molecule has 0 bridgehead atoms. The molecule has 0 aliphatic carbocycles. The minimum Gasteiger partial charge on any atom is -0.302 e. The van der Waals surface area contributed by atoms with Gasteiger partial charge in [0, 0.05) is 0 Å². The van der Waals surface area contributed by atoms with Gasteiger partial charge in [0.2, 0.25) is 0 Å². The molecular formula is C9H19O4. The van der Waals surface area contributed by atoms with E-state index in [0.29, 0.717) is 6.61 Å². The molecule has 0 N–H and O–H groups in total. The molecule has 0 fully saturated rings. The predicted octanol–water partition coefficient (Wildman–Crippen LogP) is 1.92. The van der Waals surface area contributed by atoms with Crippen LogP contribution in [-0.2, 0) is 19.3 Å². The first-order valence-corrected chi connectivity index (χ1v) is 4.80. The first-order valence-electron chi connectivity index (χ1n) is 4.80. The molecule has 1 radical (unpaired) electrons. The number of hydrogen-bond donors (Lipinski definition) is 0. The Bertz CT molecular complexity index is 110. The standard InChI is InChI=1S/C9H19O4/c1-4-7-8-13-9(10,11-5-2)12-6-3/h4-8H2,1-3H3. The molecular weight excluding hydrogens is 172 g/mol. The van der Waals surface area contributed by atoms with E-state index in [2.05, 4.69) is 0 Å². The summed E-state index contributed by atoms with van der Waals surface area (Å²) >= 11 is 0. The number of hydrogen-bond acceptors (Lipinski definition) is 3. The summed E-state index contributed by atoms with van der Waals surface area (Å²) in [7, 11) is 0. The molecule has 0 aliphatic heterocycles. The van der Waals surface area contributed by atoms with E-state index < -0.39 is 6.16 Å². The molecule has 0 amide bonds. The lowest BCUT2D eigenvalue weighted by molar-refractivity contribution is -0.506. The Morgan fingerprint density at radius 2 is 1.54 bits per heavy atom. The highest BCUT2D eigenvalue weighted by Gasteiger charge is 2.31. The smallest absolute Gasteiger partial charge is 0.302 e. The van der Waals surface area contributed by atoms with Crippen LogP contribution in [0.3, 0.4) is 0 Å². The van der Waals surface area contributed by atoms with E-state index in [1.54, 1.807) is 13.8 Å². The van der Waals surface area contributed by atoms with Crippen molar-refractivity contribution in [1.82, 2.24) is 0 Å². The fourth-order valence-electron chi connectivity index (χ4n) is 0.820. The van der Waals surface area contributed by atoms with Crippen molar-refractivity contribution in [1.29, 1.82) is 0 Å². The van der Waals surface area contributed by atoms with Crippen LogP contribution in [0.2, 0.25) is 0 Å². The van der Waals surface area contributed by atoms with Gasteiger partial charge in [0.15, 0.2) is 0 Å². The maximum absolute atomic E-state index is 11.5. The van der Waals surface area contributed by atoms with Gasteiger partial charge in [-0.25, -0.2) is 0 Å². The van der Waals surface area contributed by atoms with E-state index in [-0.39, 0.29) is 13.2 Å². The third-order valence-electron chi connectivity index (χ3n) is 1.42. The molecule has 79 valence electrons. The van der Waals surface area contributed by atoms with Crippen LogP contribution in [0.4, 0.5) is 0 Å². The van der Waals surface area contributed by atoms with Gasteiger partial charge in [0.05, 0.1) is 19.8 Å². The van der Waals surface area contributed by atoms with Crippen LogP contribution >= 0.6 is 0 Å². The van der Waals surface area contributed by atoms with Crippen molar-refractivity contribution in [2.45, 2.75) is 39.8 Å². The normalized spacial score (nSPS) is 12.0. The molecule has 0 rings (SSSR count). The van der Waals surface area contributed by atoms with E-state index in [0.717, 1.165) is 12.8 Å². The van der Waals surface area contributed by atoms with Gasteiger partial charge in [-0.3, -0.25) is 0 Å². The predicted molar refractivity (Wildman–Crippen MR) is 47.5 cm³/mol. The second-order valence-electron chi connectivity index (χ2n) is 2.57. The molecule has 0 aliphatic rings. The Morgan fingerprint density at radius 1 is 1.00 bits per heavy atom. The van der Waals surface area contributed by atoms with Crippen molar-refractivity contribution in [3.05, 3.63) is 0 Å². The van der Waals surface area contributed by atoms with E-state index in [1.807, 2.05) is 6.92 Å². The zero-order valence-corrected chi connectivity index (χ0v) is 8.67. The average Bonchev–Trinajstić information content (AvgIpc) is 2.05. The van der Waals surface area contributed by atoms with Crippen molar-refractivity contribution in [2.24, 2.45) is 0 Å². The van der Waals surface area contributed by atoms with Gasteiger partial charge in [-0.15, -0.1) is 5.11 Å². The molecule has 4 nitrogen and oxygen atoms in total. The monoisotopic (exact) mass is 191 g/mol. The topological polar surface area (TPSA) is 47.6 Å². The number of ether oxygens (including phenoxy) is 3. The van der Waals surface area contributed by atoms with Crippen molar-refractivity contribution in [2.75, 3.05) is 19.8 Å². The van der Waals surface area contributed by atoms with Crippen molar-refractivity contribution >= 4 is 0 Å². The van der Waals surface area contributed by atoms with Crippen molar-refractivity contribution < 1.29 is 19.3 Å². The molecule has 0 aromatic rings. The SMILES string of the molecule is CCCCOC([O])(OCC)OCC.